The maximum absolute atomic E-state index is 11.6. The lowest BCUT2D eigenvalue weighted by Crippen LogP contribution is -2.17. The van der Waals surface area contributed by atoms with Crippen LogP contribution in [0.25, 0.3) is 0 Å². The molecule has 1 unspecified atom stereocenters. The van der Waals surface area contributed by atoms with E-state index in [1.54, 1.807) is 0 Å². The van der Waals surface area contributed by atoms with Crippen molar-refractivity contribution in [2.24, 2.45) is 0 Å². The second kappa shape index (κ2) is 3.40. The van der Waals surface area contributed by atoms with Crippen molar-refractivity contribution < 1.29 is 25.8 Å². The number of halogens is 4. The van der Waals surface area contributed by atoms with Crippen LogP contribution in [0.4, 0.5) is 13.2 Å². The fourth-order valence-corrected chi connectivity index (χ4v) is 0.664. The molecule has 0 saturated heterocycles. The Balaban J connectivity index is 3.93. The lowest BCUT2D eigenvalue weighted by Gasteiger charge is -2.02. The van der Waals surface area contributed by atoms with Crippen LogP contribution in [0.2, 0.25) is 0 Å². The van der Waals surface area contributed by atoms with Gasteiger partial charge in [0.25, 0.3) is 12.8 Å². The molecule has 0 aromatic carbocycles. The van der Waals surface area contributed by atoms with E-state index in [1.807, 2.05) is 0 Å². The zero-order valence-corrected chi connectivity index (χ0v) is 5.87. The van der Waals surface area contributed by atoms with Gasteiger partial charge in [0.1, 0.15) is 0 Å². The summed E-state index contributed by atoms with van der Waals surface area (Å²) in [5, 5.41) is 0. The van der Waals surface area contributed by atoms with Crippen molar-refractivity contribution in [3.63, 3.8) is 0 Å². The summed E-state index contributed by atoms with van der Waals surface area (Å²) in [6.07, 6.45) is -6.71. The van der Waals surface area contributed by atoms with Gasteiger partial charge in [-0.3, -0.25) is 0 Å². The molecule has 62 valence electrons. The second-order valence-corrected chi connectivity index (χ2v) is 3.29. The van der Waals surface area contributed by atoms with E-state index in [4.69, 9.17) is 0 Å². The van der Waals surface area contributed by atoms with E-state index in [2.05, 4.69) is 14.9 Å². The van der Waals surface area contributed by atoms with Gasteiger partial charge in [-0.2, -0.15) is 8.42 Å². The van der Waals surface area contributed by atoms with Crippen LogP contribution in [0.3, 0.4) is 0 Å². The fraction of sp³-hybridized carbons (Fsp3) is 1.00. The Hall–Kier alpha value is -0.0100. The number of hydrogen-bond donors (Lipinski definition) is 0. The first-order valence-corrected chi connectivity index (χ1v) is 4.11. The molecule has 0 aliphatic carbocycles. The topological polar surface area (TPSA) is 43.4 Å². The first kappa shape index (κ1) is 9.99. The Kier molecular flexibility index (Phi) is 3.40. The first-order valence-electron chi connectivity index (χ1n) is 1.88. The molecule has 0 saturated carbocycles. The van der Waals surface area contributed by atoms with Gasteiger partial charge in [0.05, 0.1) is 0 Å². The molecule has 1 atom stereocenters. The zero-order valence-electron chi connectivity index (χ0n) is 4.30. The highest BCUT2D eigenvalue weighted by Gasteiger charge is 2.25. The Morgan fingerprint density at radius 3 is 1.80 bits per heavy atom. The Morgan fingerprint density at radius 2 is 1.70 bits per heavy atom. The van der Waals surface area contributed by atoms with Gasteiger partial charge in [0, 0.05) is 10.7 Å². The van der Waals surface area contributed by atoms with E-state index < -0.39 is 22.1 Å². The second-order valence-electron chi connectivity index (χ2n) is 1.17. The average Bonchev–Trinajstić information content (AvgIpc) is 1.60. The van der Waals surface area contributed by atoms with E-state index in [0.29, 0.717) is 0 Å². The van der Waals surface area contributed by atoms with Gasteiger partial charge >= 0.3 is 9.33 Å². The summed E-state index contributed by atoms with van der Waals surface area (Å²) in [6, 6.07) is 0. The van der Waals surface area contributed by atoms with Crippen molar-refractivity contribution in [1.82, 2.24) is 0 Å². The van der Waals surface area contributed by atoms with Crippen LogP contribution in [0, 0.1) is 0 Å². The molecule has 0 aromatic heterocycles. The molecule has 0 N–H and O–H groups in total. The first-order chi connectivity index (χ1) is 4.33. The number of rotatable bonds is 3. The molecule has 0 spiro atoms. The van der Waals surface area contributed by atoms with Crippen LogP contribution in [0.1, 0.15) is 0 Å². The largest absolute Gasteiger partial charge is 0.358 e. The SMILES string of the molecule is O=S(=O)(Cl)OC(F)C(F)F. The molecule has 0 amide bonds. The van der Waals surface area contributed by atoms with Crippen molar-refractivity contribution >= 4 is 20.0 Å². The summed E-state index contributed by atoms with van der Waals surface area (Å²) >= 11 is 0. The zero-order chi connectivity index (χ0) is 8.36. The number of alkyl halides is 3. The standard InChI is InChI=1S/C2H2ClF3O3S/c3-10(7,8)9-2(6)1(4)5/h1-2H. The predicted molar refractivity (Wildman–Crippen MR) is 26.8 cm³/mol. The number of hydrogen-bond acceptors (Lipinski definition) is 3. The maximum Gasteiger partial charge on any atom is 0.358 e. The normalized spacial score (nSPS) is 15.7. The summed E-state index contributed by atoms with van der Waals surface area (Å²) < 4.78 is 56.3. The summed E-state index contributed by atoms with van der Waals surface area (Å²) in [5.41, 5.74) is 0. The summed E-state index contributed by atoms with van der Waals surface area (Å²) in [5.74, 6) is 0. The minimum absolute atomic E-state index is 3.02. The quantitative estimate of drug-likeness (QED) is 0.637. The lowest BCUT2D eigenvalue weighted by molar-refractivity contribution is -0.0617. The predicted octanol–water partition coefficient (Wildman–Crippen LogP) is 1.05. The molecule has 8 heteroatoms. The average molecular weight is 199 g/mol. The fourth-order valence-electron chi connectivity index (χ4n) is 0.152. The molecule has 0 heterocycles. The van der Waals surface area contributed by atoms with Gasteiger partial charge in [-0.1, -0.05) is 0 Å². The van der Waals surface area contributed by atoms with Gasteiger partial charge in [-0.15, -0.1) is 0 Å². The highest BCUT2D eigenvalue weighted by Crippen LogP contribution is 2.12. The highest BCUT2D eigenvalue weighted by atomic mass is 35.7. The maximum atomic E-state index is 11.6. The van der Waals surface area contributed by atoms with Crippen LogP contribution in [-0.4, -0.2) is 21.2 Å². The van der Waals surface area contributed by atoms with Crippen LogP contribution in [0.5, 0.6) is 0 Å². The van der Waals surface area contributed by atoms with Gasteiger partial charge in [-0.05, 0) is 0 Å². The van der Waals surface area contributed by atoms with Crippen molar-refractivity contribution in [3.05, 3.63) is 0 Å². The highest BCUT2D eigenvalue weighted by molar-refractivity contribution is 8.10. The third-order valence-corrected chi connectivity index (χ3v) is 1.04. The van der Waals surface area contributed by atoms with Crippen LogP contribution in [-0.2, 0) is 13.5 Å². The minimum atomic E-state index is -4.65. The summed E-state index contributed by atoms with van der Waals surface area (Å²) in [7, 11) is -0.402. The van der Waals surface area contributed by atoms with Gasteiger partial charge in [0.2, 0.25) is 0 Å². The molecule has 0 aliphatic rings. The minimum Gasteiger partial charge on any atom is -0.215 e. The van der Waals surface area contributed by atoms with Crippen molar-refractivity contribution in [1.29, 1.82) is 0 Å². The molecule has 0 bridgehead atoms. The Bertz CT molecular complexity index is 190. The van der Waals surface area contributed by atoms with Crippen LogP contribution < -0.4 is 0 Å². The van der Waals surface area contributed by atoms with Gasteiger partial charge in [-0.25, -0.2) is 17.4 Å². The summed E-state index contributed by atoms with van der Waals surface area (Å²) in [6.45, 7) is 0. The van der Waals surface area contributed by atoms with Gasteiger partial charge < -0.3 is 0 Å². The van der Waals surface area contributed by atoms with Gasteiger partial charge in [0.15, 0.2) is 0 Å². The molecule has 10 heavy (non-hydrogen) atoms. The third kappa shape index (κ3) is 4.83. The molecule has 0 fully saturated rings. The van der Waals surface area contributed by atoms with Crippen molar-refractivity contribution in [3.8, 4) is 0 Å². The van der Waals surface area contributed by atoms with Crippen molar-refractivity contribution in [2.45, 2.75) is 12.8 Å². The van der Waals surface area contributed by atoms with E-state index in [1.165, 1.54) is 0 Å². The molecular formula is C2H2ClF3O3S. The van der Waals surface area contributed by atoms with E-state index in [0.717, 1.165) is 0 Å². The van der Waals surface area contributed by atoms with Crippen LogP contribution in [0.15, 0.2) is 0 Å². The molecule has 0 rings (SSSR count). The molecule has 0 aromatic rings. The monoisotopic (exact) mass is 198 g/mol. The molecule has 0 radical (unpaired) electrons. The van der Waals surface area contributed by atoms with E-state index in [9.17, 15) is 21.6 Å². The third-order valence-electron chi connectivity index (χ3n) is 0.405. The van der Waals surface area contributed by atoms with Crippen LogP contribution >= 0.6 is 10.7 Å². The molecular weight excluding hydrogens is 197 g/mol. The molecule has 0 aliphatic heterocycles. The summed E-state index contributed by atoms with van der Waals surface area (Å²) in [4.78, 5) is 0. The Labute approximate surface area is 59.4 Å². The van der Waals surface area contributed by atoms with Crippen molar-refractivity contribution in [2.75, 3.05) is 0 Å². The molecule has 3 nitrogen and oxygen atoms in total. The van der Waals surface area contributed by atoms with E-state index in [-0.39, 0.29) is 0 Å². The van der Waals surface area contributed by atoms with E-state index >= 15 is 0 Å². The Morgan fingerprint density at radius 1 is 1.30 bits per heavy atom. The lowest BCUT2D eigenvalue weighted by atomic mass is 10.7. The smallest absolute Gasteiger partial charge is 0.215 e.